The topological polar surface area (TPSA) is 60.4 Å². The lowest BCUT2D eigenvalue weighted by molar-refractivity contribution is -0.923. The predicted octanol–water partition coefficient (Wildman–Crippen LogP) is 6.02. The number of allylic oxidation sites excluding steroid dienone is 2. The fourth-order valence-electron chi connectivity index (χ4n) is 3.84. The second-order valence-corrected chi connectivity index (χ2v) is 8.95. The molecule has 0 fully saturated rings. The third-order valence-electron chi connectivity index (χ3n) is 6.50. The molecule has 0 heterocycles. The Morgan fingerprint density at radius 2 is 1.10 bits per heavy atom. The minimum Gasteiger partial charge on any atom is -0.547 e. The van der Waals surface area contributed by atoms with E-state index in [-0.39, 0.29) is 0 Å². The molecule has 31 heavy (non-hydrogen) atoms. The van der Waals surface area contributed by atoms with Gasteiger partial charge < -0.3 is 19.5 Å². The van der Waals surface area contributed by atoms with E-state index in [0.717, 1.165) is 6.92 Å². The van der Waals surface area contributed by atoms with Crippen molar-refractivity contribution >= 4 is 5.97 Å². The highest BCUT2D eigenvalue weighted by atomic mass is 16.4. The summed E-state index contributed by atoms with van der Waals surface area (Å²) in [5, 5.41) is 17.3. The van der Waals surface area contributed by atoms with E-state index in [9.17, 15) is 9.90 Å². The van der Waals surface area contributed by atoms with Crippen LogP contribution >= 0.6 is 0 Å². The number of carboxylic acids is 1. The van der Waals surface area contributed by atoms with Crippen molar-refractivity contribution in [1.29, 1.82) is 0 Å². The molecular formula is C27H55NO3. The number of carbonyl (C=O) groups excluding carboxylic acids is 1. The van der Waals surface area contributed by atoms with Gasteiger partial charge in [0.1, 0.15) is 0 Å². The van der Waals surface area contributed by atoms with E-state index in [2.05, 4.69) is 39.8 Å². The van der Waals surface area contributed by atoms with Crippen LogP contribution in [0, 0.1) is 0 Å². The van der Waals surface area contributed by atoms with Crippen molar-refractivity contribution in [3.63, 3.8) is 0 Å². The van der Waals surface area contributed by atoms with E-state index in [1.807, 2.05) is 0 Å². The average Bonchev–Trinajstić information content (AvgIpc) is 2.77. The van der Waals surface area contributed by atoms with Gasteiger partial charge in [0, 0.05) is 0 Å². The highest BCUT2D eigenvalue weighted by Gasteiger charge is 2.19. The maximum atomic E-state index is 9.34. The Kier molecular flexibility index (Phi) is 24.8. The van der Waals surface area contributed by atoms with Crippen LogP contribution in [0.1, 0.15) is 125 Å². The summed E-state index contributed by atoms with van der Waals surface area (Å²) >= 11 is 0. The van der Waals surface area contributed by atoms with Gasteiger partial charge in [-0.1, -0.05) is 70.4 Å². The van der Waals surface area contributed by atoms with Gasteiger partial charge in [0.15, 0.2) is 0 Å². The first-order valence-electron chi connectivity index (χ1n) is 13.3. The number of aliphatic hydroxyl groups excluding tert-OH is 1. The maximum absolute atomic E-state index is 9.34. The van der Waals surface area contributed by atoms with Crippen LogP contribution in [0.4, 0.5) is 0 Å². The fourth-order valence-corrected chi connectivity index (χ4v) is 3.84. The molecule has 0 saturated heterocycles. The van der Waals surface area contributed by atoms with E-state index in [1.54, 1.807) is 0 Å². The molecule has 1 atom stereocenters. The van der Waals surface area contributed by atoms with Gasteiger partial charge in [0.2, 0.25) is 0 Å². The molecule has 0 bridgehead atoms. The van der Waals surface area contributed by atoms with Crippen LogP contribution < -0.4 is 5.11 Å². The van der Waals surface area contributed by atoms with Gasteiger partial charge in [-0.05, 0) is 66.2 Å². The third kappa shape index (κ3) is 22.1. The quantitative estimate of drug-likeness (QED) is 0.143. The highest BCUT2D eigenvalue weighted by molar-refractivity contribution is 5.68. The summed E-state index contributed by atoms with van der Waals surface area (Å²) in [5.41, 5.74) is 0. The molecule has 0 spiro atoms. The van der Waals surface area contributed by atoms with Crippen molar-refractivity contribution in [1.82, 2.24) is 0 Å². The third-order valence-corrected chi connectivity index (χ3v) is 6.50. The Morgan fingerprint density at radius 3 is 1.45 bits per heavy atom. The Hall–Kier alpha value is -0.870. The zero-order valence-electron chi connectivity index (χ0n) is 21.7. The lowest BCUT2D eigenvalue weighted by Gasteiger charge is -2.35. The van der Waals surface area contributed by atoms with Gasteiger partial charge in [0.05, 0.1) is 38.3 Å². The first-order valence-corrected chi connectivity index (χ1v) is 13.3. The van der Waals surface area contributed by atoms with Crippen LogP contribution in [0.25, 0.3) is 0 Å². The minimum atomic E-state index is -1.44. The number of hydrogen-bond donors (Lipinski definition) is 1. The van der Waals surface area contributed by atoms with Crippen LogP contribution in [-0.4, -0.2) is 47.8 Å². The normalized spacial score (nSPS) is 12.6. The number of unbranched alkanes of at least 4 members (excludes halogenated alkanes) is 12. The lowest BCUT2D eigenvalue weighted by atomic mass is 10.1. The van der Waals surface area contributed by atoms with Crippen molar-refractivity contribution < 1.29 is 19.5 Å². The predicted molar refractivity (Wildman–Crippen MR) is 133 cm³/mol. The Morgan fingerprint density at radius 1 is 0.742 bits per heavy atom. The Labute approximate surface area is 194 Å². The first-order chi connectivity index (χ1) is 14.9. The molecule has 0 aliphatic carbocycles. The summed E-state index contributed by atoms with van der Waals surface area (Å²) in [5.74, 6) is -1.44. The number of quaternary nitrogens is 1. The molecule has 0 aliphatic heterocycles. The lowest BCUT2D eigenvalue weighted by Crippen LogP contribution is -2.48. The smallest absolute Gasteiger partial charge is 0.0905 e. The monoisotopic (exact) mass is 441 g/mol. The summed E-state index contributed by atoms with van der Waals surface area (Å²) < 4.78 is 1.32. The molecule has 186 valence electrons. The van der Waals surface area contributed by atoms with E-state index < -0.39 is 12.1 Å². The number of carboxylic acid groups (broad SMARTS) is 1. The first kappa shape index (κ1) is 32.3. The van der Waals surface area contributed by atoms with Crippen LogP contribution in [0.15, 0.2) is 12.2 Å². The zero-order chi connectivity index (χ0) is 23.8. The van der Waals surface area contributed by atoms with Crippen molar-refractivity contribution in [2.75, 3.05) is 26.2 Å². The van der Waals surface area contributed by atoms with Crippen molar-refractivity contribution in [3.8, 4) is 0 Å². The Balaban J connectivity index is 0. The SMILES string of the molecule is CC(O)C(=O)[O-].CCCCCCCC/C=C\CCCCCCCC[N+](CC)(CC)CC. The molecule has 1 N–H and O–H groups in total. The standard InChI is InChI=1S/C24H50N.C3H6O3/c1-5-9-10-11-12-13-14-15-16-17-18-19-20-21-22-23-24-25(6-2,7-3)8-4;1-2(4)3(5)6/h15-16H,5-14,17-24H2,1-4H3;2,4H,1H3,(H,5,6)/q+1;/p-1/b16-15-;. The fraction of sp³-hybridized carbons (Fsp3) is 0.889. The molecule has 0 aromatic carbocycles. The van der Waals surface area contributed by atoms with Crippen LogP contribution in [0.3, 0.4) is 0 Å². The molecule has 0 saturated carbocycles. The number of aliphatic hydroxyl groups is 1. The zero-order valence-corrected chi connectivity index (χ0v) is 21.7. The van der Waals surface area contributed by atoms with E-state index in [1.165, 1.54) is 121 Å². The molecule has 0 radical (unpaired) electrons. The van der Waals surface area contributed by atoms with Crippen molar-refractivity contribution in [2.24, 2.45) is 0 Å². The van der Waals surface area contributed by atoms with Gasteiger partial charge in [-0.25, -0.2) is 0 Å². The largest absolute Gasteiger partial charge is 0.547 e. The van der Waals surface area contributed by atoms with Gasteiger partial charge in [-0.15, -0.1) is 0 Å². The summed E-state index contributed by atoms with van der Waals surface area (Å²) in [7, 11) is 0. The molecule has 4 heteroatoms. The molecule has 0 amide bonds. The second kappa shape index (κ2) is 23.8. The van der Waals surface area contributed by atoms with E-state index in [0.29, 0.717) is 0 Å². The van der Waals surface area contributed by atoms with Gasteiger partial charge in [-0.3, -0.25) is 0 Å². The molecule has 0 rings (SSSR count). The van der Waals surface area contributed by atoms with Crippen molar-refractivity contribution in [2.45, 2.75) is 131 Å². The number of carbonyl (C=O) groups is 1. The van der Waals surface area contributed by atoms with Crippen LogP contribution in [-0.2, 0) is 4.79 Å². The molecule has 1 unspecified atom stereocenters. The number of nitrogens with zero attached hydrogens (tertiary/aromatic N) is 1. The van der Waals surface area contributed by atoms with Crippen molar-refractivity contribution in [3.05, 3.63) is 12.2 Å². The molecule has 0 aromatic rings. The summed E-state index contributed by atoms with van der Waals surface area (Å²) in [4.78, 5) is 9.34. The molecule has 4 nitrogen and oxygen atoms in total. The minimum absolute atomic E-state index is 1.13. The number of aliphatic carboxylic acids is 1. The summed E-state index contributed by atoms with van der Waals surface area (Å²) in [6, 6.07) is 0. The van der Waals surface area contributed by atoms with Crippen LogP contribution in [0.2, 0.25) is 0 Å². The molecule has 0 aliphatic rings. The average molecular weight is 442 g/mol. The van der Waals surface area contributed by atoms with E-state index >= 15 is 0 Å². The molecule has 0 aromatic heterocycles. The van der Waals surface area contributed by atoms with Gasteiger partial charge in [-0.2, -0.15) is 0 Å². The second-order valence-electron chi connectivity index (χ2n) is 8.95. The summed E-state index contributed by atoms with van der Waals surface area (Å²) in [6.45, 7) is 15.8. The number of rotatable bonds is 20. The Bertz CT molecular complexity index is 395. The maximum Gasteiger partial charge on any atom is 0.0905 e. The highest BCUT2D eigenvalue weighted by Crippen LogP contribution is 2.13. The van der Waals surface area contributed by atoms with Crippen LogP contribution in [0.5, 0.6) is 0 Å². The molecular weight excluding hydrogens is 386 g/mol. The van der Waals surface area contributed by atoms with Gasteiger partial charge >= 0.3 is 0 Å². The summed E-state index contributed by atoms with van der Waals surface area (Å²) in [6.07, 6.45) is 23.2. The van der Waals surface area contributed by atoms with Gasteiger partial charge in [0.25, 0.3) is 0 Å². The van der Waals surface area contributed by atoms with E-state index in [4.69, 9.17) is 5.11 Å². The number of hydrogen-bond acceptors (Lipinski definition) is 3.